The first-order valence-electron chi connectivity index (χ1n) is 5.57. The molecular formula is C14H11BrF3N. The third-order valence-electron chi connectivity index (χ3n) is 2.97. The average Bonchev–Trinajstić information content (AvgIpc) is 2.35. The summed E-state index contributed by atoms with van der Waals surface area (Å²) in [7, 11) is 0. The Balaban J connectivity index is 2.50. The Morgan fingerprint density at radius 2 is 1.68 bits per heavy atom. The van der Waals surface area contributed by atoms with Gasteiger partial charge in [-0.2, -0.15) is 0 Å². The van der Waals surface area contributed by atoms with Crippen LogP contribution in [0.15, 0.2) is 34.8 Å². The van der Waals surface area contributed by atoms with Gasteiger partial charge in [0, 0.05) is 0 Å². The van der Waals surface area contributed by atoms with Crippen molar-refractivity contribution in [1.82, 2.24) is 0 Å². The van der Waals surface area contributed by atoms with Gasteiger partial charge >= 0.3 is 0 Å². The first-order chi connectivity index (χ1) is 8.91. The van der Waals surface area contributed by atoms with Gasteiger partial charge in [0.15, 0.2) is 11.6 Å². The van der Waals surface area contributed by atoms with Gasteiger partial charge < -0.3 is 5.73 Å². The molecule has 1 atom stereocenters. The van der Waals surface area contributed by atoms with Crippen molar-refractivity contribution in [3.05, 3.63) is 68.9 Å². The predicted octanol–water partition coefficient (Wildman–Crippen LogP) is 4.22. The van der Waals surface area contributed by atoms with E-state index in [1.165, 1.54) is 18.2 Å². The topological polar surface area (TPSA) is 26.0 Å². The summed E-state index contributed by atoms with van der Waals surface area (Å²) in [5.41, 5.74) is 7.77. The Hall–Kier alpha value is -1.33. The molecule has 2 aromatic rings. The Kier molecular flexibility index (Phi) is 3.96. The molecule has 5 heteroatoms. The molecular weight excluding hydrogens is 319 g/mol. The molecule has 2 rings (SSSR count). The van der Waals surface area contributed by atoms with Crippen molar-refractivity contribution >= 4 is 15.9 Å². The Morgan fingerprint density at radius 1 is 1.05 bits per heavy atom. The lowest BCUT2D eigenvalue weighted by molar-refractivity contribution is 0.501. The van der Waals surface area contributed by atoms with E-state index < -0.39 is 17.7 Å². The molecule has 0 aliphatic carbocycles. The second-order valence-corrected chi connectivity index (χ2v) is 5.04. The lowest BCUT2D eigenvalue weighted by Gasteiger charge is -2.17. The zero-order chi connectivity index (χ0) is 14.2. The fourth-order valence-corrected chi connectivity index (χ4v) is 2.50. The van der Waals surface area contributed by atoms with Crippen LogP contribution < -0.4 is 5.73 Å². The maximum atomic E-state index is 13.5. The van der Waals surface area contributed by atoms with Crippen LogP contribution in [0, 0.1) is 24.4 Å². The van der Waals surface area contributed by atoms with E-state index in [0.717, 1.165) is 6.07 Å². The number of nitrogens with two attached hydrogens (primary N) is 1. The van der Waals surface area contributed by atoms with Gasteiger partial charge in [-0.05, 0) is 57.7 Å². The highest BCUT2D eigenvalue weighted by molar-refractivity contribution is 9.10. The molecule has 0 saturated heterocycles. The highest BCUT2D eigenvalue weighted by Gasteiger charge is 2.19. The normalized spacial score (nSPS) is 12.5. The van der Waals surface area contributed by atoms with Gasteiger partial charge in [0.1, 0.15) is 5.82 Å². The van der Waals surface area contributed by atoms with Crippen molar-refractivity contribution in [1.29, 1.82) is 0 Å². The summed E-state index contributed by atoms with van der Waals surface area (Å²) >= 11 is 3.00. The largest absolute Gasteiger partial charge is 0.320 e. The highest BCUT2D eigenvalue weighted by Crippen LogP contribution is 2.31. The van der Waals surface area contributed by atoms with Crippen LogP contribution in [0.4, 0.5) is 13.2 Å². The van der Waals surface area contributed by atoms with Gasteiger partial charge in [0.05, 0.1) is 10.5 Å². The molecule has 0 aromatic heterocycles. The van der Waals surface area contributed by atoms with Crippen LogP contribution in [0.1, 0.15) is 22.7 Å². The molecule has 2 aromatic carbocycles. The number of aryl methyl sites for hydroxylation is 1. The van der Waals surface area contributed by atoms with E-state index in [1.54, 1.807) is 13.0 Å². The van der Waals surface area contributed by atoms with Gasteiger partial charge in [-0.25, -0.2) is 13.2 Å². The van der Waals surface area contributed by atoms with E-state index in [1.807, 2.05) is 0 Å². The maximum Gasteiger partial charge on any atom is 0.173 e. The fourth-order valence-electron chi connectivity index (χ4n) is 1.94. The van der Waals surface area contributed by atoms with Gasteiger partial charge in [-0.1, -0.05) is 12.1 Å². The molecule has 0 spiro atoms. The number of benzene rings is 2. The van der Waals surface area contributed by atoms with Crippen LogP contribution in [0.5, 0.6) is 0 Å². The lowest BCUT2D eigenvalue weighted by atomic mass is 9.95. The summed E-state index contributed by atoms with van der Waals surface area (Å²) in [6, 6.07) is 5.96. The van der Waals surface area contributed by atoms with Gasteiger partial charge in [-0.15, -0.1) is 0 Å². The molecule has 0 aliphatic heterocycles. The lowest BCUT2D eigenvalue weighted by Crippen LogP contribution is -2.15. The fraction of sp³-hybridized carbons (Fsp3) is 0.143. The summed E-state index contributed by atoms with van der Waals surface area (Å²) in [5.74, 6) is -2.29. The van der Waals surface area contributed by atoms with E-state index in [-0.39, 0.29) is 10.3 Å². The van der Waals surface area contributed by atoms with Crippen LogP contribution in [-0.4, -0.2) is 0 Å². The quantitative estimate of drug-likeness (QED) is 0.820. The van der Waals surface area contributed by atoms with Gasteiger partial charge in [0.25, 0.3) is 0 Å². The van der Waals surface area contributed by atoms with Crippen LogP contribution in [0.2, 0.25) is 0 Å². The molecule has 0 saturated carbocycles. The molecule has 0 radical (unpaired) electrons. The molecule has 0 aliphatic rings. The van der Waals surface area contributed by atoms with E-state index in [2.05, 4.69) is 15.9 Å². The monoisotopic (exact) mass is 329 g/mol. The van der Waals surface area contributed by atoms with Gasteiger partial charge in [-0.3, -0.25) is 0 Å². The summed E-state index contributed by atoms with van der Waals surface area (Å²) < 4.78 is 39.6. The van der Waals surface area contributed by atoms with E-state index in [4.69, 9.17) is 5.73 Å². The van der Waals surface area contributed by atoms with E-state index in [0.29, 0.717) is 16.7 Å². The van der Waals surface area contributed by atoms with Crippen molar-refractivity contribution in [3.63, 3.8) is 0 Å². The number of hydrogen-bond donors (Lipinski definition) is 1. The Morgan fingerprint density at radius 3 is 2.32 bits per heavy atom. The van der Waals surface area contributed by atoms with Crippen molar-refractivity contribution in [2.45, 2.75) is 13.0 Å². The minimum Gasteiger partial charge on any atom is -0.320 e. The SMILES string of the molecule is Cc1cc(F)ccc1C(N)c1ccc(F)c(F)c1Br. The molecule has 19 heavy (non-hydrogen) atoms. The van der Waals surface area contributed by atoms with Crippen LogP contribution in [0.25, 0.3) is 0 Å². The standard InChI is InChI=1S/C14H11BrF3N/c1-7-6-8(16)2-3-9(7)14(19)10-4-5-11(17)13(18)12(10)15/h2-6,14H,19H2,1H3. The third kappa shape index (κ3) is 2.67. The third-order valence-corrected chi connectivity index (χ3v) is 3.77. The van der Waals surface area contributed by atoms with Crippen LogP contribution in [-0.2, 0) is 0 Å². The Labute approximate surface area is 117 Å². The Bertz CT molecular complexity index is 628. The minimum absolute atomic E-state index is 0.0104. The first kappa shape index (κ1) is 14.1. The molecule has 2 N–H and O–H groups in total. The molecule has 0 amide bonds. The van der Waals surface area contributed by atoms with Crippen LogP contribution >= 0.6 is 15.9 Å². The van der Waals surface area contributed by atoms with Crippen molar-refractivity contribution < 1.29 is 13.2 Å². The van der Waals surface area contributed by atoms with Crippen molar-refractivity contribution in [2.75, 3.05) is 0 Å². The second kappa shape index (κ2) is 5.35. The summed E-state index contributed by atoms with van der Waals surface area (Å²) in [6.07, 6.45) is 0. The first-order valence-corrected chi connectivity index (χ1v) is 6.36. The highest BCUT2D eigenvalue weighted by atomic mass is 79.9. The zero-order valence-corrected chi connectivity index (χ0v) is 11.6. The van der Waals surface area contributed by atoms with E-state index >= 15 is 0 Å². The molecule has 0 bridgehead atoms. The minimum atomic E-state index is -0.979. The number of rotatable bonds is 2. The van der Waals surface area contributed by atoms with E-state index in [9.17, 15) is 13.2 Å². The van der Waals surface area contributed by atoms with Crippen LogP contribution in [0.3, 0.4) is 0 Å². The van der Waals surface area contributed by atoms with Crippen molar-refractivity contribution in [3.8, 4) is 0 Å². The summed E-state index contributed by atoms with van der Waals surface area (Å²) in [5, 5.41) is 0. The second-order valence-electron chi connectivity index (χ2n) is 4.24. The molecule has 0 fully saturated rings. The predicted molar refractivity (Wildman–Crippen MR) is 71.2 cm³/mol. The van der Waals surface area contributed by atoms with Crippen molar-refractivity contribution in [2.24, 2.45) is 5.73 Å². The molecule has 100 valence electrons. The summed E-state index contributed by atoms with van der Waals surface area (Å²) in [6.45, 7) is 1.71. The molecule has 1 nitrogen and oxygen atoms in total. The number of halogens is 4. The maximum absolute atomic E-state index is 13.5. The summed E-state index contributed by atoms with van der Waals surface area (Å²) in [4.78, 5) is 0. The van der Waals surface area contributed by atoms with Gasteiger partial charge in [0.2, 0.25) is 0 Å². The smallest absolute Gasteiger partial charge is 0.173 e. The average molecular weight is 330 g/mol. The molecule has 0 heterocycles. The molecule has 1 unspecified atom stereocenters. The number of hydrogen-bond acceptors (Lipinski definition) is 1. The zero-order valence-electron chi connectivity index (χ0n) is 10.1.